The normalized spacial score (nSPS) is 19.9. The average Bonchev–Trinajstić information content (AvgIpc) is 2.70. The van der Waals surface area contributed by atoms with Gasteiger partial charge in [-0.1, -0.05) is 0 Å². The van der Waals surface area contributed by atoms with Crippen molar-refractivity contribution < 1.29 is 57.3 Å². The van der Waals surface area contributed by atoms with Crippen LogP contribution in [0.25, 0.3) is 0 Å². The maximum Gasteiger partial charge on any atom is 0.460 e. The lowest BCUT2D eigenvalue weighted by atomic mass is 9.88. The second-order valence-electron chi connectivity index (χ2n) is 7.31. The van der Waals surface area contributed by atoms with Gasteiger partial charge in [0.15, 0.2) is 0 Å². The van der Waals surface area contributed by atoms with Crippen LogP contribution in [0, 0.1) is 0 Å². The first kappa shape index (κ1) is 27.7. The summed E-state index contributed by atoms with van der Waals surface area (Å²) in [5.74, 6) is -16.4. The third-order valence-electron chi connectivity index (χ3n) is 4.83. The van der Waals surface area contributed by atoms with Crippen LogP contribution in [0.1, 0.15) is 16.8 Å². The van der Waals surface area contributed by atoms with E-state index in [2.05, 4.69) is 4.98 Å². The maximum absolute atomic E-state index is 15.5. The number of rotatable bonds is 7. The number of halogens is 9. The third kappa shape index (κ3) is 4.18. The minimum atomic E-state index is -7.42. The number of Topliss-reactive ketones (excluding diaryl/α,β-unsaturated/α-hetero) is 1. The number of anilines is 1. The summed E-state index contributed by atoms with van der Waals surface area (Å²) >= 11 is 0. The van der Waals surface area contributed by atoms with Gasteiger partial charge < -0.3 is 10.2 Å². The molecule has 0 saturated heterocycles. The fourth-order valence-corrected chi connectivity index (χ4v) is 4.04. The lowest BCUT2D eigenvalue weighted by molar-refractivity contribution is -0.368. The molecule has 2 rings (SSSR count). The number of carbonyl (C=O) groups excluding carboxylic acids is 1. The fourth-order valence-electron chi connectivity index (χ4n) is 3.08. The molecule has 2 heterocycles. The third-order valence-corrected chi connectivity index (χ3v) is 6.02. The van der Waals surface area contributed by atoms with Gasteiger partial charge in [0.05, 0.1) is 11.3 Å². The summed E-state index contributed by atoms with van der Waals surface area (Å²) in [6.45, 7) is -0.653. The number of allylic oxidation sites excluding steroid dienone is 1. The fraction of sp³-hybridized carbons (Fsp3) is 0.529. The molecular weight excluding hydrogens is 513 g/mol. The van der Waals surface area contributed by atoms with E-state index < -0.39 is 74.9 Å². The highest BCUT2D eigenvalue weighted by molar-refractivity contribution is 7.87. The summed E-state index contributed by atoms with van der Waals surface area (Å²) in [6.07, 6.45) is -10.7. The molecule has 0 radical (unpaired) electrons. The molecular formula is C17H16F9N3O4S. The Bertz CT molecular complexity index is 1110. The molecule has 0 amide bonds. The van der Waals surface area contributed by atoms with Gasteiger partial charge in [-0.3, -0.25) is 9.35 Å². The smallest absolute Gasteiger partial charge is 0.382 e. The first-order valence-electron chi connectivity index (χ1n) is 9.00. The van der Waals surface area contributed by atoms with Gasteiger partial charge in [0.25, 0.3) is 0 Å². The minimum Gasteiger partial charge on any atom is -0.382 e. The molecule has 0 spiro atoms. The number of carbonyl (C=O) groups is 1. The summed E-state index contributed by atoms with van der Waals surface area (Å²) in [4.78, 5) is 18.0. The van der Waals surface area contributed by atoms with Crippen molar-refractivity contribution in [2.45, 2.75) is 35.6 Å². The van der Waals surface area contributed by atoms with Crippen molar-refractivity contribution in [2.75, 3.05) is 25.5 Å². The zero-order chi connectivity index (χ0) is 26.5. The predicted octanol–water partition coefficient (Wildman–Crippen LogP) is 3.30. The highest BCUT2D eigenvalue weighted by Gasteiger charge is 2.85. The van der Waals surface area contributed by atoms with Crippen molar-refractivity contribution in [3.05, 3.63) is 35.2 Å². The highest BCUT2D eigenvalue weighted by atomic mass is 32.2. The molecule has 2 N–H and O–H groups in total. The molecule has 17 heteroatoms. The zero-order valence-electron chi connectivity index (χ0n) is 17.1. The van der Waals surface area contributed by atoms with E-state index in [4.69, 9.17) is 4.55 Å². The van der Waals surface area contributed by atoms with Crippen LogP contribution in [0.2, 0.25) is 0 Å². The Kier molecular flexibility index (Phi) is 6.99. The van der Waals surface area contributed by atoms with Gasteiger partial charge in [0.1, 0.15) is 12.0 Å². The predicted molar refractivity (Wildman–Crippen MR) is 98.8 cm³/mol. The number of alkyl halides is 9. The Hall–Kier alpha value is -2.56. The molecule has 1 aromatic rings. The Morgan fingerprint density at radius 3 is 2.15 bits per heavy atom. The van der Waals surface area contributed by atoms with E-state index in [0.717, 1.165) is 18.3 Å². The van der Waals surface area contributed by atoms with E-state index >= 15 is 4.39 Å². The monoisotopic (exact) mass is 529 g/mol. The lowest BCUT2D eigenvalue weighted by Gasteiger charge is -2.40. The van der Waals surface area contributed by atoms with Crippen molar-refractivity contribution >= 4 is 21.7 Å². The van der Waals surface area contributed by atoms with Crippen LogP contribution in [0.4, 0.5) is 45.3 Å². The van der Waals surface area contributed by atoms with Crippen LogP contribution in [0.5, 0.6) is 0 Å². The molecule has 0 bridgehead atoms. The van der Waals surface area contributed by atoms with E-state index in [1.807, 2.05) is 5.32 Å². The van der Waals surface area contributed by atoms with E-state index in [1.165, 1.54) is 19.0 Å². The highest BCUT2D eigenvalue weighted by Crippen LogP contribution is 2.57. The molecule has 0 saturated carbocycles. The Morgan fingerprint density at radius 1 is 1.12 bits per heavy atom. The topological polar surface area (TPSA) is 99.6 Å². The van der Waals surface area contributed by atoms with Gasteiger partial charge in [-0.15, -0.1) is 0 Å². The molecule has 192 valence electrons. The summed E-state index contributed by atoms with van der Waals surface area (Å²) in [6, 6.07) is 1.81. The van der Waals surface area contributed by atoms with E-state index in [1.54, 1.807) is 0 Å². The van der Waals surface area contributed by atoms with E-state index in [-0.39, 0.29) is 5.82 Å². The van der Waals surface area contributed by atoms with E-state index in [9.17, 15) is 48.3 Å². The van der Waals surface area contributed by atoms with Gasteiger partial charge in [-0.25, -0.2) is 13.8 Å². The Morgan fingerprint density at radius 2 is 1.68 bits per heavy atom. The largest absolute Gasteiger partial charge is 0.460 e. The summed E-state index contributed by atoms with van der Waals surface area (Å²) < 4.78 is 157. The molecule has 1 aliphatic heterocycles. The first-order valence-corrected chi connectivity index (χ1v) is 10.4. The first-order chi connectivity index (χ1) is 15.2. The quantitative estimate of drug-likeness (QED) is 0.318. The maximum atomic E-state index is 15.5. The molecule has 1 aliphatic rings. The molecule has 0 fully saturated rings. The van der Waals surface area contributed by atoms with Gasteiger partial charge >= 0.3 is 33.1 Å². The Labute approximate surface area is 186 Å². The SMILES string of the molecule is CN(C)c1cc(C(=O)C2=C(C(F)(C(F)(F)C(F)(F)C(F)(F)F)S(=O)(=O)O)C(F)CCN2)ccn1. The number of hydrogen-bond donors (Lipinski definition) is 2. The van der Waals surface area contributed by atoms with Crippen molar-refractivity contribution in [1.29, 1.82) is 0 Å². The number of aromatic nitrogens is 1. The van der Waals surface area contributed by atoms with Crippen molar-refractivity contribution in [3.8, 4) is 0 Å². The standard InChI is InChI=1S/C17H16F9N3O4S/c1-29(2)10-7-8(3-5-27-10)13(30)12-11(9(18)4-6-28-12)14(19,34(31,32)33)15(20,21)16(22,23)17(24,25)26/h3,5,7,9,28H,4,6H2,1-2H3,(H,31,32,33). The average molecular weight is 529 g/mol. The van der Waals surface area contributed by atoms with Gasteiger partial charge in [0, 0.05) is 32.4 Å². The summed E-state index contributed by atoms with van der Waals surface area (Å²) in [5, 5.41) is -4.53. The van der Waals surface area contributed by atoms with Gasteiger partial charge in [0.2, 0.25) is 5.78 Å². The number of hydrogen-bond acceptors (Lipinski definition) is 6. The van der Waals surface area contributed by atoms with Crippen LogP contribution in [0.3, 0.4) is 0 Å². The molecule has 0 aliphatic carbocycles. The minimum absolute atomic E-state index is 0.0239. The second kappa shape index (κ2) is 8.58. The van der Waals surface area contributed by atoms with Crippen LogP contribution in [-0.2, 0) is 10.1 Å². The van der Waals surface area contributed by atoms with Crippen molar-refractivity contribution in [3.63, 3.8) is 0 Å². The molecule has 34 heavy (non-hydrogen) atoms. The zero-order valence-corrected chi connectivity index (χ0v) is 17.9. The number of pyridine rings is 1. The van der Waals surface area contributed by atoms with Crippen LogP contribution in [-0.4, -0.2) is 73.6 Å². The van der Waals surface area contributed by atoms with E-state index in [0.29, 0.717) is 0 Å². The van der Waals surface area contributed by atoms with Gasteiger partial charge in [-0.2, -0.15) is 39.2 Å². The van der Waals surface area contributed by atoms with Crippen LogP contribution < -0.4 is 10.2 Å². The van der Waals surface area contributed by atoms with Crippen LogP contribution >= 0.6 is 0 Å². The summed E-state index contributed by atoms with van der Waals surface area (Å²) in [5.41, 5.74) is -4.87. The molecule has 2 atom stereocenters. The molecule has 0 aromatic carbocycles. The van der Waals surface area contributed by atoms with Gasteiger partial charge in [-0.05, 0) is 18.6 Å². The number of ketones is 1. The lowest BCUT2D eigenvalue weighted by Crippen LogP contribution is -2.67. The van der Waals surface area contributed by atoms with Crippen molar-refractivity contribution in [1.82, 2.24) is 10.3 Å². The molecule has 2 unspecified atom stereocenters. The summed E-state index contributed by atoms with van der Waals surface area (Å²) in [7, 11) is -4.41. The molecule has 1 aromatic heterocycles. The number of nitrogens with one attached hydrogen (secondary N) is 1. The Balaban J connectivity index is 2.92. The van der Waals surface area contributed by atoms with Crippen LogP contribution in [0.15, 0.2) is 29.6 Å². The molecule has 7 nitrogen and oxygen atoms in total. The van der Waals surface area contributed by atoms with Crippen molar-refractivity contribution in [2.24, 2.45) is 0 Å². The number of nitrogens with zero attached hydrogens (tertiary/aromatic N) is 2. The second-order valence-corrected chi connectivity index (χ2v) is 8.83.